The second-order valence-corrected chi connectivity index (χ2v) is 3.83. The van der Waals surface area contributed by atoms with Gasteiger partial charge in [-0.15, -0.1) is 0 Å². The van der Waals surface area contributed by atoms with Gasteiger partial charge in [-0.3, -0.25) is 9.78 Å². The number of nitrogen functional groups attached to an aromatic ring is 1. The van der Waals surface area contributed by atoms with Crippen molar-refractivity contribution in [3.8, 4) is 0 Å². The predicted molar refractivity (Wildman–Crippen MR) is 67.8 cm³/mol. The number of hydrogen-bond donors (Lipinski definition) is 3. The van der Waals surface area contributed by atoms with Gasteiger partial charge in [-0.25, -0.2) is 4.79 Å². The summed E-state index contributed by atoms with van der Waals surface area (Å²) in [6, 6.07) is 0. The van der Waals surface area contributed by atoms with Crippen LogP contribution in [0.15, 0.2) is 11.0 Å². The van der Waals surface area contributed by atoms with E-state index in [4.69, 9.17) is 15.6 Å². The summed E-state index contributed by atoms with van der Waals surface area (Å²) in [6.45, 7) is 1.92. The van der Waals surface area contributed by atoms with Gasteiger partial charge in [-0.2, -0.15) is 4.98 Å². The molecule has 4 N–H and O–H groups in total. The molecule has 8 nitrogen and oxygen atoms in total. The molecule has 0 aliphatic carbocycles. The van der Waals surface area contributed by atoms with E-state index in [0.29, 0.717) is 0 Å². The molecule has 2 heterocycles. The van der Waals surface area contributed by atoms with Crippen LogP contribution in [-0.4, -0.2) is 38.8 Å². The first-order valence-corrected chi connectivity index (χ1v) is 5.75. The SMILES string of the molecule is CCOC(=O)c1cn(CCO)c2nc(N)[nH]c(=O)c12. The number of nitrogens with zero attached hydrogens (tertiary/aromatic N) is 2. The van der Waals surface area contributed by atoms with Gasteiger partial charge in [0.05, 0.1) is 24.2 Å². The molecule has 0 spiro atoms. The number of fused-ring (bicyclic) bond motifs is 1. The third kappa shape index (κ3) is 2.29. The van der Waals surface area contributed by atoms with Gasteiger partial charge in [-0.05, 0) is 6.92 Å². The molecule has 0 aromatic carbocycles. The lowest BCUT2D eigenvalue weighted by Gasteiger charge is -2.00. The minimum atomic E-state index is -0.610. The van der Waals surface area contributed by atoms with Gasteiger partial charge in [0.15, 0.2) is 0 Å². The van der Waals surface area contributed by atoms with Gasteiger partial charge >= 0.3 is 5.97 Å². The lowest BCUT2D eigenvalue weighted by Crippen LogP contribution is -2.14. The topological polar surface area (TPSA) is 123 Å². The predicted octanol–water partition coefficient (Wildman–Crippen LogP) is -0.524. The number of aliphatic hydroxyl groups is 1. The summed E-state index contributed by atoms with van der Waals surface area (Å²) >= 11 is 0. The van der Waals surface area contributed by atoms with Crippen LogP contribution in [0.5, 0.6) is 0 Å². The summed E-state index contributed by atoms with van der Waals surface area (Å²) in [5.74, 6) is -0.661. The zero-order valence-electron chi connectivity index (χ0n) is 10.3. The molecule has 0 saturated heterocycles. The summed E-state index contributed by atoms with van der Waals surface area (Å²) in [7, 11) is 0. The maximum atomic E-state index is 11.9. The van der Waals surface area contributed by atoms with E-state index < -0.39 is 11.5 Å². The van der Waals surface area contributed by atoms with Crippen LogP contribution in [0.1, 0.15) is 17.3 Å². The average Bonchev–Trinajstić information content (AvgIpc) is 2.69. The molecule has 0 aliphatic rings. The van der Waals surface area contributed by atoms with Crippen molar-refractivity contribution in [1.82, 2.24) is 14.5 Å². The zero-order chi connectivity index (χ0) is 14.0. The van der Waals surface area contributed by atoms with Crippen molar-refractivity contribution in [1.29, 1.82) is 0 Å². The number of anilines is 1. The number of aromatic amines is 1. The largest absolute Gasteiger partial charge is 0.462 e. The van der Waals surface area contributed by atoms with E-state index in [1.807, 2.05) is 0 Å². The number of aliphatic hydroxyl groups excluding tert-OH is 1. The van der Waals surface area contributed by atoms with Crippen LogP contribution in [0.25, 0.3) is 11.0 Å². The van der Waals surface area contributed by atoms with Gasteiger partial charge in [0.2, 0.25) is 5.95 Å². The van der Waals surface area contributed by atoms with Crippen molar-refractivity contribution in [2.45, 2.75) is 13.5 Å². The Bertz CT molecular complexity index is 673. The van der Waals surface area contributed by atoms with E-state index in [9.17, 15) is 9.59 Å². The number of ether oxygens (including phenoxy) is 1. The van der Waals surface area contributed by atoms with Gasteiger partial charge in [-0.1, -0.05) is 0 Å². The molecule has 2 aromatic rings. The van der Waals surface area contributed by atoms with Crippen molar-refractivity contribution in [2.75, 3.05) is 18.9 Å². The number of nitrogens with one attached hydrogen (secondary N) is 1. The van der Waals surface area contributed by atoms with Crippen molar-refractivity contribution < 1.29 is 14.6 Å². The van der Waals surface area contributed by atoms with E-state index in [-0.39, 0.29) is 42.3 Å². The van der Waals surface area contributed by atoms with E-state index in [2.05, 4.69) is 9.97 Å². The fourth-order valence-electron chi connectivity index (χ4n) is 1.85. The van der Waals surface area contributed by atoms with Crippen molar-refractivity contribution in [2.24, 2.45) is 0 Å². The number of aromatic nitrogens is 3. The molecule has 0 unspecified atom stereocenters. The van der Waals surface area contributed by atoms with Gasteiger partial charge in [0, 0.05) is 12.7 Å². The summed E-state index contributed by atoms with van der Waals surface area (Å²) < 4.78 is 6.38. The van der Waals surface area contributed by atoms with Crippen LogP contribution in [0.2, 0.25) is 0 Å². The number of carbonyl (C=O) groups excluding carboxylic acids is 1. The molecule has 0 aliphatic heterocycles. The van der Waals surface area contributed by atoms with Crippen LogP contribution < -0.4 is 11.3 Å². The molecule has 0 atom stereocenters. The lowest BCUT2D eigenvalue weighted by atomic mass is 10.2. The monoisotopic (exact) mass is 266 g/mol. The third-order valence-corrected chi connectivity index (χ3v) is 2.58. The first kappa shape index (κ1) is 13.1. The van der Waals surface area contributed by atoms with Crippen LogP contribution in [0.3, 0.4) is 0 Å². The fourth-order valence-corrected chi connectivity index (χ4v) is 1.85. The molecule has 0 fully saturated rings. The highest BCUT2D eigenvalue weighted by Crippen LogP contribution is 2.17. The first-order chi connectivity index (χ1) is 9.08. The summed E-state index contributed by atoms with van der Waals surface area (Å²) in [6.07, 6.45) is 1.43. The minimum absolute atomic E-state index is 0.0507. The zero-order valence-corrected chi connectivity index (χ0v) is 10.3. The number of carbonyl (C=O) groups is 1. The van der Waals surface area contributed by atoms with Crippen LogP contribution in [0.4, 0.5) is 5.95 Å². The minimum Gasteiger partial charge on any atom is -0.462 e. The van der Waals surface area contributed by atoms with E-state index >= 15 is 0 Å². The quantitative estimate of drug-likeness (QED) is 0.639. The highest BCUT2D eigenvalue weighted by Gasteiger charge is 2.20. The Balaban J connectivity index is 2.71. The standard InChI is InChI=1S/C11H14N4O4/c1-2-19-10(18)6-5-15(3-4-16)8-7(6)9(17)14-11(12)13-8/h5,16H,2-4H2,1H3,(H3,12,13,14,17). The second kappa shape index (κ2) is 5.11. The highest BCUT2D eigenvalue weighted by molar-refractivity contribution is 6.03. The van der Waals surface area contributed by atoms with Crippen LogP contribution >= 0.6 is 0 Å². The molecule has 2 aromatic heterocycles. The van der Waals surface area contributed by atoms with E-state index in [1.54, 1.807) is 6.92 Å². The Morgan fingerprint density at radius 1 is 1.63 bits per heavy atom. The first-order valence-electron chi connectivity index (χ1n) is 5.75. The van der Waals surface area contributed by atoms with Crippen molar-refractivity contribution in [3.05, 3.63) is 22.1 Å². The van der Waals surface area contributed by atoms with E-state index in [1.165, 1.54) is 10.8 Å². The van der Waals surface area contributed by atoms with E-state index in [0.717, 1.165) is 0 Å². The number of rotatable bonds is 4. The van der Waals surface area contributed by atoms with Gasteiger partial charge in [0.1, 0.15) is 5.65 Å². The van der Waals surface area contributed by atoms with Gasteiger partial charge < -0.3 is 20.1 Å². The average molecular weight is 266 g/mol. The van der Waals surface area contributed by atoms with Crippen molar-refractivity contribution >= 4 is 23.0 Å². The molecule has 0 bridgehead atoms. The number of nitrogens with two attached hydrogens (primary N) is 1. The molecule has 19 heavy (non-hydrogen) atoms. The summed E-state index contributed by atoms with van der Waals surface area (Å²) in [5, 5.41) is 9.10. The molecular weight excluding hydrogens is 252 g/mol. The molecular formula is C11H14N4O4. The summed E-state index contributed by atoms with van der Waals surface area (Å²) in [4.78, 5) is 30.0. The molecule has 0 radical (unpaired) electrons. The molecule has 0 amide bonds. The number of esters is 1. The normalized spacial score (nSPS) is 10.8. The maximum Gasteiger partial charge on any atom is 0.340 e. The Hall–Kier alpha value is -2.35. The maximum absolute atomic E-state index is 11.9. The van der Waals surface area contributed by atoms with Crippen LogP contribution in [0, 0.1) is 0 Å². The Kier molecular flexibility index (Phi) is 3.52. The second-order valence-electron chi connectivity index (χ2n) is 3.83. The fraction of sp³-hybridized carbons (Fsp3) is 0.364. The third-order valence-electron chi connectivity index (χ3n) is 2.58. The van der Waals surface area contributed by atoms with Crippen molar-refractivity contribution in [3.63, 3.8) is 0 Å². The highest BCUT2D eigenvalue weighted by atomic mass is 16.5. The number of H-pyrrole nitrogens is 1. The molecule has 102 valence electrons. The summed E-state index contributed by atoms with van der Waals surface area (Å²) in [5.41, 5.74) is 5.32. The Morgan fingerprint density at radius 3 is 3.00 bits per heavy atom. The molecule has 2 rings (SSSR count). The smallest absolute Gasteiger partial charge is 0.340 e. The molecule has 0 saturated carbocycles. The van der Waals surface area contributed by atoms with Gasteiger partial charge in [0.25, 0.3) is 5.56 Å². The Morgan fingerprint density at radius 2 is 2.37 bits per heavy atom. The lowest BCUT2D eigenvalue weighted by molar-refractivity contribution is 0.0528. The Labute approximate surface area is 107 Å². The van der Waals surface area contributed by atoms with Crippen LogP contribution in [-0.2, 0) is 11.3 Å². The molecule has 8 heteroatoms. The number of hydrogen-bond acceptors (Lipinski definition) is 6.